The van der Waals surface area contributed by atoms with Crippen LogP contribution in [0.5, 0.6) is 0 Å². The highest BCUT2D eigenvalue weighted by Gasteiger charge is 2.26. The van der Waals surface area contributed by atoms with Crippen LogP contribution in [0.15, 0.2) is 52.3 Å². The Morgan fingerprint density at radius 1 is 0.920 bits per heavy atom. The Hall–Kier alpha value is -2.34. The highest BCUT2D eigenvalue weighted by atomic mass is 32.2. The molecule has 25 heavy (non-hydrogen) atoms. The van der Waals surface area contributed by atoms with Gasteiger partial charge in [0, 0.05) is 26.2 Å². The van der Waals surface area contributed by atoms with Crippen LogP contribution in [0.2, 0.25) is 0 Å². The number of hydrogen-bond acceptors (Lipinski definition) is 4. The smallest absolute Gasteiger partial charge is 0.209 e. The molecule has 1 heterocycles. The summed E-state index contributed by atoms with van der Waals surface area (Å²) >= 11 is 0. The van der Waals surface area contributed by atoms with Gasteiger partial charge < -0.3 is 9.80 Å². The van der Waals surface area contributed by atoms with Gasteiger partial charge in [-0.25, -0.2) is 8.42 Å². The molecule has 0 spiro atoms. The van der Waals surface area contributed by atoms with Crippen molar-refractivity contribution in [2.75, 3.05) is 31.1 Å². The van der Waals surface area contributed by atoms with E-state index in [1.807, 2.05) is 43.0 Å². The van der Waals surface area contributed by atoms with Crippen LogP contribution < -0.4 is 4.90 Å². The van der Waals surface area contributed by atoms with Gasteiger partial charge in [-0.1, -0.05) is 29.8 Å². The standard InChI is InChI=1S/C19H22N2O3S/c1-15-7-8-18(16(2)13-15)25(23,24)19-6-4-3-5-17(19)21-11-9-20(14-22)10-12-21/h3-8,13-14H,9-12H2,1-2H3. The first-order valence-electron chi connectivity index (χ1n) is 8.29. The zero-order valence-corrected chi connectivity index (χ0v) is 15.3. The van der Waals surface area contributed by atoms with Crippen LogP contribution in [0, 0.1) is 13.8 Å². The molecule has 6 heteroatoms. The van der Waals surface area contributed by atoms with E-state index in [4.69, 9.17) is 0 Å². The lowest BCUT2D eigenvalue weighted by molar-refractivity contribution is -0.118. The quantitative estimate of drug-likeness (QED) is 0.788. The molecule has 1 aliphatic rings. The predicted octanol–water partition coefficient (Wildman–Crippen LogP) is 2.41. The number of piperazine rings is 1. The number of carbonyl (C=O) groups is 1. The molecule has 1 saturated heterocycles. The van der Waals surface area contributed by atoms with E-state index in [-0.39, 0.29) is 0 Å². The predicted molar refractivity (Wildman–Crippen MR) is 97.7 cm³/mol. The molecule has 0 saturated carbocycles. The van der Waals surface area contributed by atoms with Gasteiger partial charge in [-0.15, -0.1) is 0 Å². The largest absolute Gasteiger partial charge is 0.367 e. The van der Waals surface area contributed by atoms with E-state index in [1.165, 1.54) is 0 Å². The molecule has 1 aliphatic heterocycles. The molecule has 132 valence electrons. The number of sulfone groups is 1. The third-order valence-corrected chi connectivity index (χ3v) is 6.54. The second kappa shape index (κ2) is 6.88. The molecular weight excluding hydrogens is 336 g/mol. The zero-order valence-electron chi connectivity index (χ0n) is 14.5. The van der Waals surface area contributed by atoms with E-state index in [1.54, 1.807) is 23.1 Å². The minimum atomic E-state index is -3.61. The van der Waals surface area contributed by atoms with Crippen molar-refractivity contribution in [3.63, 3.8) is 0 Å². The number of rotatable bonds is 4. The van der Waals surface area contributed by atoms with Crippen molar-refractivity contribution < 1.29 is 13.2 Å². The topological polar surface area (TPSA) is 57.7 Å². The van der Waals surface area contributed by atoms with E-state index in [0.717, 1.165) is 17.5 Å². The average molecular weight is 358 g/mol. The molecule has 2 aromatic carbocycles. The average Bonchev–Trinajstić information content (AvgIpc) is 2.61. The van der Waals surface area contributed by atoms with Crippen molar-refractivity contribution in [3.8, 4) is 0 Å². The molecule has 0 aromatic heterocycles. The lowest BCUT2D eigenvalue weighted by Gasteiger charge is -2.35. The number of nitrogens with zero attached hydrogens (tertiary/aromatic N) is 2. The Balaban J connectivity index is 2.02. The summed E-state index contributed by atoms with van der Waals surface area (Å²) in [5.41, 5.74) is 2.49. The normalized spacial score (nSPS) is 15.3. The number of benzene rings is 2. The molecule has 0 N–H and O–H groups in total. The van der Waals surface area contributed by atoms with Gasteiger partial charge in [-0.05, 0) is 37.6 Å². The maximum atomic E-state index is 13.3. The number of para-hydroxylation sites is 1. The summed E-state index contributed by atoms with van der Waals surface area (Å²) in [7, 11) is -3.61. The van der Waals surface area contributed by atoms with E-state index in [2.05, 4.69) is 0 Å². The Labute approximate surface area is 148 Å². The molecule has 5 nitrogen and oxygen atoms in total. The summed E-state index contributed by atoms with van der Waals surface area (Å²) in [5.74, 6) is 0. The zero-order chi connectivity index (χ0) is 18.0. The highest BCUT2D eigenvalue weighted by molar-refractivity contribution is 7.91. The second-order valence-electron chi connectivity index (χ2n) is 6.37. The third kappa shape index (κ3) is 3.39. The molecule has 1 amide bonds. The van der Waals surface area contributed by atoms with E-state index < -0.39 is 9.84 Å². The van der Waals surface area contributed by atoms with Gasteiger partial charge in [-0.3, -0.25) is 4.79 Å². The number of aryl methyl sites for hydroxylation is 2. The Kier molecular flexibility index (Phi) is 4.81. The van der Waals surface area contributed by atoms with Crippen LogP contribution >= 0.6 is 0 Å². The highest BCUT2D eigenvalue weighted by Crippen LogP contribution is 2.32. The van der Waals surface area contributed by atoms with Crippen LogP contribution in [0.4, 0.5) is 5.69 Å². The van der Waals surface area contributed by atoms with Crippen molar-refractivity contribution in [3.05, 3.63) is 53.6 Å². The second-order valence-corrected chi connectivity index (χ2v) is 8.26. The number of carbonyl (C=O) groups excluding carboxylic acids is 1. The van der Waals surface area contributed by atoms with Crippen LogP contribution in [0.25, 0.3) is 0 Å². The SMILES string of the molecule is Cc1ccc(S(=O)(=O)c2ccccc2N2CCN(C=O)CC2)c(C)c1. The van der Waals surface area contributed by atoms with E-state index >= 15 is 0 Å². The molecule has 2 aromatic rings. The molecule has 1 fully saturated rings. The first-order valence-corrected chi connectivity index (χ1v) is 9.77. The number of anilines is 1. The van der Waals surface area contributed by atoms with Crippen LogP contribution in [-0.2, 0) is 14.6 Å². The fourth-order valence-electron chi connectivity index (χ4n) is 3.23. The molecular formula is C19H22N2O3S. The maximum absolute atomic E-state index is 13.3. The third-order valence-electron chi connectivity index (χ3n) is 4.58. The van der Waals surface area contributed by atoms with Crippen molar-refractivity contribution in [2.24, 2.45) is 0 Å². The molecule has 0 bridgehead atoms. The molecule has 0 unspecified atom stereocenters. The first kappa shape index (κ1) is 17.5. The lowest BCUT2D eigenvalue weighted by Crippen LogP contribution is -2.46. The number of amides is 1. The summed E-state index contributed by atoms with van der Waals surface area (Å²) in [4.78, 5) is 15.3. The Morgan fingerprint density at radius 3 is 2.24 bits per heavy atom. The summed E-state index contributed by atoms with van der Waals surface area (Å²) in [6.45, 7) is 6.22. The van der Waals surface area contributed by atoms with Gasteiger partial charge in [0.05, 0.1) is 15.5 Å². The van der Waals surface area contributed by atoms with Gasteiger partial charge in [-0.2, -0.15) is 0 Å². The van der Waals surface area contributed by atoms with Crippen LogP contribution in [-0.4, -0.2) is 45.9 Å². The minimum Gasteiger partial charge on any atom is -0.367 e. The summed E-state index contributed by atoms with van der Waals surface area (Å²) in [6, 6.07) is 12.5. The van der Waals surface area contributed by atoms with Gasteiger partial charge >= 0.3 is 0 Å². The summed E-state index contributed by atoms with van der Waals surface area (Å²) < 4.78 is 26.5. The first-order chi connectivity index (χ1) is 11.9. The monoisotopic (exact) mass is 358 g/mol. The maximum Gasteiger partial charge on any atom is 0.209 e. The Morgan fingerprint density at radius 2 is 1.60 bits per heavy atom. The van der Waals surface area contributed by atoms with Gasteiger partial charge in [0.2, 0.25) is 16.2 Å². The van der Waals surface area contributed by atoms with E-state index in [9.17, 15) is 13.2 Å². The fraction of sp³-hybridized carbons (Fsp3) is 0.316. The van der Waals surface area contributed by atoms with Crippen LogP contribution in [0.3, 0.4) is 0 Å². The molecule has 0 radical (unpaired) electrons. The van der Waals surface area contributed by atoms with E-state index in [0.29, 0.717) is 41.7 Å². The van der Waals surface area contributed by atoms with Crippen molar-refractivity contribution in [1.82, 2.24) is 4.90 Å². The van der Waals surface area contributed by atoms with Gasteiger partial charge in [0.15, 0.2) is 0 Å². The summed E-state index contributed by atoms with van der Waals surface area (Å²) in [6.07, 6.45) is 0.843. The lowest BCUT2D eigenvalue weighted by atomic mass is 10.2. The fourth-order valence-corrected chi connectivity index (χ4v) is 4.93. The minimum absolute atomic E-state index is 0.321. The van der Waals surface area contributed by atoms with Crippen molar-refractivity contribution in [1.29, 1.82) is 0 Å². The molecule has 0 atom stereocenters. The molecule has 0 aliphatic carbocycles. The Bertz CT molecular complexity index is 885. The van der Waals surface area contributed by atoms with Crippen molar-refractivity contribution >= 4 is 21.9 Å². The number of hydrogen-bond donors (Lipinski definition) is 0. The summed E-state index contributed by atoms with van der Waals surface area (Å²) in [5, 5.41) is 0. The van der Waals surface area contributed by atoms with Gasteiger partial charge in [0.25, 0.3) is 0 Å². The van der Waals surface area contributed by atoms with Crippen molar-refractivity contribution in [2.45, 2.75) is 23.6 Å². The molecule has 3 rings (SSSR count). The van der Waals surface area contributed by atoms with Crippen LogP contribution in [0.1, 0.15) is 11.1 Å². The van der Waals surface area contributed by atoms with Gasteiger partial charge in [0.1, 0.15) is 0 Å².